The number of hydrogen-bond donors (Lipinski definition) is 1. The topological polar surface area (TPSA) is 41.6 Å². The van der Waals surface area contributed by atoms with Crippen LogP contribution in [0.15, 0.2) is 18.2 Å². The van der Waals surface area contributed by atoms with Crippen molar-refractivity contribution < 1.29 is 9.53 Å². The molecule has 1 N–H and O–H groups in total. The second-order valence-electron chi connectivity index (χ2n) is 4.62. The van der Waals surface area contributed by atoms with Crippen molar-refractivity contribution >= 4 is 11.6 Å². The quantitative estimate of drug-likeness (QED) is 0.795. The molecular weight excluding hydrogens is 252 g/mol. The number of rotatable bonds is 8. The molecule has 0 aliphatic heterocycles. The van der Waals surface area contributed by atoms with Crippen molar-refractivity contribution in [3.8, 4) is 5.75 Å². The van der Waals surface area contributed by atoms with E-state index in [9.17, 15) is 4.79 Å². The van der Waals surface area contributed by atoms with Gasteiger partial charge in [-0.15, -0.1) is 0 Å². The van der Waals surface area contributed by atoms with E-state index in [0.717, 1.165) is 36.5 Å². The van der Waals surface area contributed by atoms with Crippen LogP contribution in [0.5, 0.6) is 5.75 Å². The molecule has 0 saturated heterocycles. The van der Waals surface area contributed by atoms with Gasteiger partial charge in [-0.2, -0.15) is 0 Å². The molecule has 1 rings (SSSR count). The molecule has 1 aromatic carbocycles. The molecule has 4 nitrogen and oxygen atoms in total. The molecule has 1 amide bonds. The Kier molecular flexibility index (Phi) is 7.09. The predicted octanol–water partition coefficient (Wildman–Crippen LogP) is 2.93. The monoisotopic (exact) mass is 278 g/mol. The molecule has 0 aliphatic rings. The zero-order chi connectivity index (χ0) is 15.0. The van der Waals surface area contributed by atoms with Gasteiger partial charge in [0.1, 0.15) is 5.75 Å². The Hall–Kier alpha value is -1.55. The van der Waals surface area contributed by atoms with Crippen LogP contribution in [0.25, 0.3) is 0 Å². The van der Waals surface area contributed by atoms with Crippen LogP contribution in [0.1, 0.15) is 33.3 Å². The number of carbonyl (C=O) groups is 1. The van der Waals surface area contributed by atoms with Crippen LogP contribution in [0, 0.1) is 0 Å². The second kappa shape index (κ2) is 8.59. The van der Waals surface area contributed by atoms with Gasteiger partial charge in [-0.05, 0) is 50.2 Å². The summed E-state index contributed by atoms with van der Waals surface area (Å²) in [5.41, 5.74) is 1.98. The molecule has 0 radical (unpaired) electrons. The Labute approximate surface area is 122 Å². The van der Waals surface area contributed by atoms with Crippen LogP contribution < -0.4 is 10.1 Å². The molecule has 0 fully saturated rings. The minimum absolute atomic E-state index is 0.0348. The van der Waals surface area contributed by atoms with E-state index in [-0.39, 0.29) is 5.91 Å². The third-order valence-electron chi connectivity index (χ3n) is 3.30. The van der Waals surface area contributed by atoms with Crippen molar-refractivity contribution in [2.75, 3.05) is 31.6 Å². The highest BCUT2D eigenvalue weighted by Gasteiger charge is 2.10. The number of nitrogens with zero attached hydrogens (tertiary/aromatic N) is 1. The highest BCUT2D eigenvalue weighted by atomic mass is 16.5. The summed E-state index contributed by atoms with van der Waals surface area (Å²) in [6, 6.07) is 5.82. The maximum atomic E-state index is 12.0. The van der Waals surface area contributed by atoms with E-state index in [2.05, 4.69) is 31.0 Å². The first kappa shape index (κ1) is 16.5. The number of aryl methyl sites for hydroxylation is 1. The van der Waals surface area contributed by atoms with E-state index in [0.29, 0.717) is 13.2 Å². The van der Waals surface area contributed by atoms with Crippen molar-refractivity contribution in [1.29, 1.82) is 0 Å². The molecule has 0 saturated carbocycles. The van der Waals surface area contributed by atoms with Crippen LogP contribution in [0.2, 0.25) is 0 Å². The van der Waals surface area contributed by atoms with E-state index in [4.69, 9.17) is 4.74 Å². The summed E-state index contributed by atoms with van der Waals surface area (Å²) in [4.78, 5) is 14.1. The average molecular weight is 278 g/mol. The Morgan fingerprint density at radius 3 is 2.45 bits per heavy atom. The van der Waals surface area contributed by atoms with E-state index in [1.54, 1.807) is 0 Å². The normalized spacial score (nSPS) is 10.7. The highest BCUT2D eigenvalue weighted by Crippen LogP contribution is 2.22. The lowest BCUT2D eigenvalue weighted by Crippen LogP contribution is -2.33. The van der Waals surface area contributed by atoms with Gasteiger partial charge in [-0.25, -0.2) is 0 Å². The lowest BCUT2D eigenvalue weighted by atomic mass is 10.1. The Bertz CT molecular complexity index is 428. The Balaban J connectivity index is 2.73. The van der Waals surface area contributed by atoms with Gasteiger partial charge < -0.3 is 10.1 Å². The fraction of sp³-hybridized carbons (Fsp3) is 0.562. The molecule has 1 aromatic rings. The summed E-state index contributed by atoms with van der Waals surface area (Å²) in [6.45, 7) is 11.0. The van der Waals surface area contributed by atoms with Gasteiger partial charge in [0.25, 0.3) is 0 Å². The second-order valence-corrected chi connectivity index (χ2v) is 4.62. The van der Waals surface area contributed by atoms with E-state index >= 15 is 0 Å². The standard InChI is InChI=1S/C16H26N2O2/c1-5-13-11-14(20-8-4)9-10-15(13)17-16(19)12-18(6-2)7-3/h9-11H,5-8,12H2,1-4H3,(H,17,19). The predicted molar refractivity (Wildman–Crippen MR) is 83.4 cm³/mol. The third kappa shape index (κ3) is 4.85. The summed E-state index contributed by atoms with van der Waals surface area (Å²) in [6.07, 6.45) is 0.863. The summed E-state index contributed by atoms with van der Waals surface area (Å²) in [7, 11) is 0. The number of likely N-dealkylation sites (N-methyl/N-ethyl adjacent to an activating group) is 1. The number of benzene rings is 1. The summed E-state index contributed by atoms with van der Waals surface area (Å²) in [5.74, 6) is 0.888. The molecule has 0 aromatic heterocycles. The van der Waals surface area contributed by atoms with Gasteiger partial charge in [0.15, 0.2) is 0 Å². The van der Waals surface area contributed by atoms with Crippen LogP contribution in [0.3, 0.4) is 0 Å². The summed E-state index contributed by atoms with van der Waals surface area (Å²) in [5, 5.41) is 2.99. The van der Waals surface area contributed by atoms with E-state index < -0.39 is 0 Å². The zero-order valence-corrected chi connectivity index (χ0v) is 13.0. The maximum Gasteiger partial charge on any atom is 0.238 e. The van der Waals surface area contributed by atoms with Gasteiger partial charge in [-0.1, -0.05) is 20.8 Å². The largest absolute Gasteiger partial charge is 0.494 e. The molecule has 0 spiro atoms. The molecule has 0 atom stereocenters. The van der Waals surface area contributed by atoms with Gasteiger partial charge in [0, 0.05) is 5.69 Å². The van der Waals surface area contributed by atoms with Gasteiger partial charge in [0.2, 0.25) is 5.91 Å². The number of amides is 1. The number of anilines is 1. The first-order valence-corrected chi connectivity index (χ1v) is 7.42. The molecular formula is C16H26N2O2. The van der Waals surface area contributed by atoms with Crippen LogP contribution in [0.4, 0.5) is 5.69 Å². The van der Waals surface area contributed by atoms with E-state index in [1.165, 1.54) is 0 Å². The summed E-state index contributed by atoms with van der Waals surface area (Å²) < 4.78 is 5.49. The minimum atomic E-state index is 0.0348. The van der Waals surface area contributed by atoms with Crippen LogP contribution >= 0.6 is 0 Å². The highest BCUT2D eigenvalue weighted by molar-refractivity contribution is 5.93. The van der Waals surface area contributed by atoms with Crippen LogP contribution in [-0.4, -0.2) is 37.0 Å². The number of ether oxygens (including phenoxy) is 1. The fourth-order valence-electron chi connectivity index (χ4n) is 2.08. The van der Waals surface area contributed by atoms with Crippen molar-refractivity contribution in [3.63, 3.8) is 0 Å². The van der Waals surface area contributed by atoms with E-state index in [1.807, 2.05) is 25.1 Å². The maximum absolute atomic E-state index is 12.0. The fourth-order valence-corrected chi connectivity index (χ4v) is 2.08. The molecule has 0 aliphatic carbocycles. The molecule has 0 heterocycles. The van der Waals surface area contributed by atoms with Gasteiger partial charge in [-0.3, -0.25) is 9.69 Å². The smallest absolute Gasteiger partial charge is 0.238 e. The first-order chi connectivity index (χ1) is 9.64. The van der Waals surface area contributed by atoms with Gasteiger partial charge >= 0.3 is 0 Å². The third-order valence-corrected chi connectivity index (χ3v) is 3.30. The summed E-state index contributed by atoms with van der Waals surface area (Å²) >= 11 is 0. The van der Waals surface area contributed by atoms with Gasteiger partial charge in [0.05, 0.1) is 13.2 Å². The minimum Gasteiger partial charge on any atom is -0.494 e. The SMILES string of the molecule is CCOc1ccc(NC(=O)CN(CC)CC)c(CC)c1. The van der Waals surface area contributed by atoms with Crippen molar-refractivity contribution in [2.45, 2.75) is 34.1 Å². The van der Waals surface area contributed by atoms with Crippen molar-refractivity contribution in [1.82, 2.24) is 4.90 Å². The zero-order valence-electron chi connectivity index (χ0n) is 13.0. The van der Waals surface area contributed by atoms with Crippen LogP contribution in [-0.2, 0) is 11.2 Å². The molecule has 20 heavy (non-hydrogen) atoms. The number of hydrogen-bond acceptors (Lipinski definition) is 3. The van der Waals surface area contributed by atoms with Crippen molar-refractivity contribution in [2.24, 2.45) is 0 Å². The molecule has 112 valence electrons. The first-order valence-electron chi connectivity index (χ1n) is 7.42. The molecule has 4 heteroatoms. The molecule has 0 unspecified atom stereocenters. The Morgan fingerprint density at radius 1 is 1.20 bits per heavy atom. The molecule has 0 bridgehead atoms. The lowest BCUT2D eigenvalue weighted by molar-refractivity contribution is -0.117. The number of nitrogens with one attached hydrogen (secondary N) is 1. The average Bonchev–Trinajstić information content (AvgIpc) is 2.46. The lowest BCUT2D eigenvalue weighted by Gasteiger charge is -2.18. The number of carbonyl (C=O) groups excluding carboxylic acids is 1. The Morgan fingerprint density at radius 2 is 1.90 bits per heavy atom. The van der Waals surface area contributed by atoms with Crippen molar-refractivity contribution in [3.05, 3.63) is 23.8 Å².